The maximum absolute atomic E-state index is 11.5. The molecule has 0 radical (unpaired) electrons. The summed E-state index contributed by atoms with van der Waals surface area (Å²) in [5, 5.41) is 4.31. The van der Waals surface area contributed by atoms with Crippen molar-refractivity contribution in [1.82, 2.24) is 9.78 Å². The molecule has 0 atom stereocenters. The summed E-state index contributed by atoms with van der Waals surface area (Å²) in [5.41, 5.74) is 0.389. The van der Waals surface area contributed by atoms with Crippen molar-refractivity contribution in [3.05, 3.63) is 16.4 Å². The number of carbonyl (C=O) groups excluding carboxylic acids is 1. The second kappa shape index (κ2) is 7.56. The standard InChI is InChI=1S/C11H15BrN2O2.C2H6/c1-2-16-11(15)9-7-10(12)14(13-9)8-5-3-4-6-8;1-2/h7-8H,2-6H2,1H3;1-2H3. The summed E-state index contributed by atoms with van der Waals surface area (Å²) in [5.74, 6) is -0.347. The summed E-state index contributed by atoms with van der Waals surface area (Å²) in [6, 6.07) is 2.16. The van der Waals surface area contributed by atoms with E-state index in [0.29, 0.717) is 18.3 Å². The normalized spacial score (nSPS) is 15.1. The zero-order chi connectivity index (χ0) is 13.5. The Morgan fingerprint density at radius 3 is 2.67 bits per heavy atom. The summed E-state index contributed by atoms with van der Waals surface area (Å²) >= 11 is 3.44. The summed E-state index contributed by atoms with van der Waals surface area (Å²) in [6.07, 6.45) is 4.77. The predicted molar refractivity (Wildman–Crippen MR) is 74.7 cm³/mol. The number of aromatic nitrogens is 2. The second-order valence-corrected chi connectivity index (χ2v) is 4.77. The van der Waals surface area contributed by atoms with Crippen LogP contribution < -0.4 is 0 Å². The van der Waals surface area contributed by atoms with Gasteiger partial charge in [-0.2, -0.15) is 5.10 Å². The van der Waals surface area contributed by atoms with Crippen LogP contribution in [0.4, 0.5) is 0 Å². The Balaban J connectivity index is 0.000000771. The molecule has 0 spiro atoms. The zero-order valence-electron chi connectivity index (χ0n) is 11.3. The quantitative estimate of drug-likeness (QED) is 0.793. The Morgan fingerprint density at radius 1 is 1.50 bits per heavy atom. The van der Waals surface area contributed by atoms with Crippen molar-refractivity contribution in [2.24, 2.45) is 0 Å². The van der Waals surface area contributed by atoms with E-state index in [1.807, 2.05) is 18.5 Å². The van der Waals surface area contributed by atoms with Crippen LogP contribution in [0.3, 0.4) is 0 Å². The summed E-state index contributed by atoms with van der Waals surface area (Å²) in [7, 11) is 0. The molecule has 18 heavy (non-hydrogen) atoms. The van der Waals surface area contributed by atoms with E-state index in [1.54, 1.807) is 13.0 Å². The number of carbonyl (C=O) groups is 1. The number of ether oxygens (including phenoxy) is 1. The van der Waals surface area contributed by atoms with E-state index in [0.717, 1.165) is 17.4 Å². The van der Waals surface area contributed by atoms with Crippen molar-refractivity contribution < 1.29 is 9.53 Å². The Labute approximate surface area is 117 Å². The predicted octanol–water partition coefficient (Wildman–Crippen LogP) is 3.96. The monoisotopic (exact) mass is 316 g/mol. The summed E-state index contributed by atoms with van der Waals surface area (Å²) in [4.78, 5) is 11.5. The first kappa shape index (κ1) is 15.2. The van der Waals surface area contributed by atoms with Gasteiger partial charge >= 0.3 is 5.97 Å². The molecule has 102 valence electrons. The molecule has 2 rings (SSSR count). The van der Waals surface area contributed by atoms with Gasteiger partial charge in [-0.15, -0.1) is 0 Å². The highest BCUT2D eigenvalue weighted by atomic mass is 79.9. The highest BCUT2D eigenvalue weighted by Gasteiger charge is 2.22. The lowest BCUT2D eigenvalue weighted by Crippen LogP contribution is -2.10. The topological polar surface area (TPSA) is 44.1 Å². The minimum atomic E-state index is -0.347. The molecule has 5 heteroatoms. The van der Waals surface area contributed by atoms with Crippen molar-refractivity contribution in [3.8, 4) is 0 Å². The van der Waals surface area contributed by atoms with Crippen LogP contribution in [0.25, 0.3) is 0 Å². The van der Waals surface area contributed by atoms with E-state index in [-0.39, 0.29) is 5.97 Å². The largest absolute Gasteiger partial charge is 0.461 e. The molecule has 0 aliphatic heterocycles. The van der Waals surface area contributed by atoms with E-state index in [4.69, 9.17) is 4.74 Å². The van der Waals surface area contributed by atoms with Gasteiger partial charge < -0.3 is 4.74 Å². The Kier molecular flexibility index (Phi) is 6.39. The molecule has 0 aromatic carbocycles. The maximum Gasteiger partial charge on any atom is 0.358 e. The number of esters is 1. The van der Waals surface area contributed by atoms with Gasteiger partial charge in [0, 0.05) is 6.07 Å². The van der Waals surface area contributed by atoms with Gasteiger partial charge in [-0.25, -0.2) is 4.79 Å². The highest BCUT2D eigenvalue weighted by Crippen LogP contribution is 2.31. The molecule has 0 amide bonds. The van der Waals surface area contributed by atoms with Crippen molar-refractivity contribution >= 4 is 21.9 Å². The third-order valence-electron chi connectivity index (χ3n) is 2.85. The van der Waals surface area contributed by atoms with Gasteiger partial charge in [0.1, 0.15) is 4.60 Å². The molecule has 0 bridgehead atoms. The Hall–Kier alpha value is -0.840. The van der Waals surface area contributed by atoms with Crippen LogP contribution in [0.1, 0.15) is 63.0 Å². The number of hydrogen-bond donors (Lipinski definition) is 0. The number of nitrogens with zero attached hydrogens (tertiary/aromatic N) is 2. The van der Waals surface area contributed by atoms with Crippen LogP contribution in [0.15, 0.2) is 10.7 Å². The highest BCUT2D eigenvalue weighted by molar-refractivity contribution is 9.10. The van der Waals surface area contributed by atoms with Gasteiger partial charge in [-0.05, 0) is 35.7 Å². The van der Waals surface area contributed by atoms with Gasteiger partial charge in [0.05, 0.1) is 12.6 Å². The van der Waals surface area contributed by atoms with E-state index in [1.165, 1.54) is 12.8 Å². The fourth-order valence-corrected chi connectivity index (χ4v) is 2.67. The molecule has 1 aliphatic carbocycles. The van der Waals surface area contributed by atoms with Crippen molar-refractivity contribution in [2.45, 2.75) is 52.5 Å². The van der Waals surface area contributed by atoms with Crippen molar-refractivity contribution in [3.63, 3.8) is 0 Å². The van der Waals surface area contributed by atoms with Gasteiger partial charge in [0.25, 0.3) is 0 Å². The molecule has 1 fully saturated rings. The third kappa shape index (κ3) is 3.57. The third-order valence-corrected chi connectivity index (χ3v) is 3.44. The van der Waals surface area contributed by atoms with E-state index < -0.39 is 0 Å². The van der Waals surface area contributed by atoms with Crippen LogP contribution in [0, 0.1) is 0 Å². The molecule has 0 saturated heterocycles. The van der Waals surface area contributed by atoms with Gasteiger partial charge in [0.15, 0.2) is 5.69 Å². The summed E-state index contributed by atoms with van der Waals surface area (Å²) in [6.45, 7) is 6.17. The second-order valence-electron chi connectivity index (χ2n) is 3.96. The van der Waals surface area contributed by atoms with Crippen molar-refractivity contribution in [1.29, 1.82) is 0 Å². The van der Waals surface area contributed by atoms with Crippen LogP contribution in [-0.4, -0.2) is 22.4 Å². The minimum Gasteiger partial charge on any atom is -0.461 e. The lowest BCUT2D eigenvalue weighted by Gasteiger charge is -2.10. The zero-order valence-corrected chi connectivity index (χ0v) is 12.9. The number of halogens is 1. The molecule has 1 saturated carbocycles. The fraction of sp³-hybridized carbons (Fsp3) is 0.692. The van der Waals surface area contributed by atoms with Crippen LogP contribution >= 0.6 is 15.9 Å². The molecule has 1 heterocycles. The Bertz CT molecular complexity index is 384. The first-order valence-electron chi connectivity index (χ1n) is 6.64. The smallest absolute Gasteiger partial charge is 0.358 e. The van der Waals surface area contributed by atoms with Crippen LogP contribution in [0.5, 0.6) is 0 Å². The van der Waals surface area contributed by atoms with Crippen LogP contribution in [-0.2, 0) is 4.74 Å². The minimum absolute atomic E-state index is 0.347. The van der Waals surface area contributed by atoms with E-state index >= 15 is 0 Å². The molecule has 0 unspecified atom stereocenters. The van der Waals surface area contributed by atoms with Crippen molar-refractivity contribution in [2.75, 3.05) is 6.61 Å². The number of rotatable bonds is 3. The first-order valence-corrected chi connectivity index (χ1v) is 7.44. The molecular formula is C13H21BrN2O2. The maximum atomic E-state index is 11.5. The average molecular weight is 317 g/mol. The fourth-order valence-electron chi connectivity index (χ4n) is 2.08. The Morgan fingerprint density at radius 2 is 2.11 bits per heavy atom. The molecule has 1 aromatic heterocycles. The van der Waals surface area contributed by atoms with E-state index in [2.05, 4.69) is 21.0 Å². The SMILES string of the molecule is CC.CCOC(=O)c1cc(Br)n(C2CCCC2)n1. The average Bonchev–Trinajstić information content (AvgIpc) is 3.00. The lowest BCUT2D eigenvalue weighted by atomic mass is 10.3. The van der Waals surface area contributed by atoms with E-state index in [9.17, 15) is 4.79 Å². The molecular weight excluding hydrogens is 296 g/mol. The molecule has 0 N–H and O–H groups in total. The molecule has 4 nitrogen and oxygen atoms in total. The molecule has 1 aromatic rings. The summed E-state index contributed by atoms with van der Waals surface area (Å²) < 4.78 is 7.69. The van der Waals surface area contributed by atoms with Gasteiger partial charge in [0.2, 0.25) is 0 Å². The van der Waals surface area contributed by atoms with Gasteiger partial charge in [-0.3, -0.25) is 4.68 Å². The number of hydrogen-bond acceptors (Lipinski definition) is 3. The van der Waals surface area contributed by atoms with Gasteiger partial charge in [-0.1, -0.05) is 26.7 Å². The molecule has 1 aliphatic rings. The van der Waals surface area contributed by atoms with Crippen LogP contribution in [0.2, 0.25) is 0 Å². The first-order chi connectivity index (χ1) is 8.72. The lowest BCUT2D eigenvalue weighted by molar-refractivity contribution is 0.0518.